The van der Waals surface area contributed by atoms with E-state index >= 15 is 0 Å². The first-order valence-electron chi connectivity index (χ1n) is 5.73. The van der Waals surface area contributed by atoms with E-state index in [9.17, 15) is 4.79 Å². The van der Waals surface area contributed by atoms with Crippen LogP contribution in [-0.2, 0) is 4.79 Å². The largest absolute Gasteiger partial charge is 0.368 e. The lowest BCUT2D eigenvalue weighted by Gasteiger charge is -2.21. The quantitative estimate of drug-likeness (QED) is 0.843. The smallest absolute Gasteiger partial charge is 0.236 e. The number of hydrogen-bond acceptors (Lipinski definition) is 1. The zero-order valence-corrected chi connectivity index (χ0v) is 10.5. The first kappa shape index (κ1) is 12.7. The number of amides is 1. The van der Waals surface area contributed by atoms with Crippen LogP contribution >= 0.6 is 11.6 Å². The van der Waals surface area contributed by atoms with Crippen molar-refractivity contribution in [3.05, 3.63) is 71.8 Å². The topological polar surface area (TPSA) is 43.1 Å². The highest BCUT2D eigenvalue weighted by atomic mass is 35.5. The Bertz CT molecular complexity index is 473. The van der Waals surface area contributed by atoms with Crippen LogP contribution in [0.15, 0.2) is 60.7 Å². The van der Waals surface area contributed by atoms with Crippen LogP contribution in [0.5, 0.6) is 0 Å². The molecule has 92 valence electrons. The number of halogens is 1. The summed E-state index contributed by atoms with van der Waals surface area (Å²) in [6.07, 6.45) is 0. The lowest BCUT2D eigenvalue weighted by atomic mass is 9.88. The van der Waals surface area contributed by atoms with E-state index in [1.54, 1.807) is 0 Å². The number of primary amides is 1. The summed E-state index contributed by atoms with van der Waals surface area (Å²) in [6, 6.07) is 19.4. The maximum Gasteiger partial charge on any atom is 0.236 e. The van der Waals surface area contributed by atoms with E-state index < -0.39 is 11.3 Å². The minimum Gasteiger partial charge on any atom is -0.368 e. The zero-order chi connectivity index (χ0) is 13.0. The number of hydrogen-bond donors (Lipinski definition) is 1. The number of carbonyl (C=O) groups is 1. The average molecular weight is 260 g/mol. The fourth-order valence-corrected chi connectivity index (χ4v) is 2.31. The molecular formula is C15H14ClNO. The van der Waals surface area contributed by atoms with Gasteiger partial charge < -0.3 is 5.73 Å². The second-order valence-electron chi connectivity index (χ2n) is 4.10. The summed E-state index contributed by atoms with van der Waals surface area (Å²) in [6.45, 7) is 0. The molecule has 0 spiro atoms. The number of carbonyl (C=O) groups excluding carboxylic acids is 1. The molecule has 3 heteroatoms. The Morgan fingerprint density at radius 3 is 1.61 bits per heavy atom. The van der Waals surface area contributed by atoms with Gasteiger partial charge in [0.2, 0.25) is 5.91 Å². The number of alkyl halides is 1. The van der Waals surface area contributed by atoms with E-state index in [4.69, 9.17) is 17.3 Å². The van der Waals surface area contributed by atoms with E-state index in [1.165, 1.54) is 0 Å². The van der Waals surface area contributed by atoms with Gasteiger partial charge in [0.15, 0.2) is 0 Å². The molecule has 0 fully saturated rings. The minimum absolute atomic E-state index is 0.216. The van der Waals surface area contributed by atoms with Crippen LogP contribution in [-0.4, -0.2) is 11.3 Å². The van der Waals surface area contributed by atoms with Crippen LogP contribution in [0.3, 0.4) is 0 Å². The number of nitrogens with two attached hydrogens (primary N) is 1. The molecule has 1 amide bonds. The van der Waals surface area contributed by atoms with Gasteiger partial charge in [0, 0.05) is 5.92 Å². The standard InChI is InChI=1S/C15H14ClNO/c16-14(15(17)18)13(11-7-3-1-4-8-11)12-9-5-2-6-10-12/h1-10,13-14H,(H2,17,18). The summed E-state index contributed by atoms with van der Waals surface area (Å²) < 4.78 is 0. The van der Waals surface area contributed by atoms with Crippen LogP contribution in [0.1, 0.15) is 17.0 Å². The van der Waals surface area contributed by atoms with Crippen molar-refractivity contribution in [2.75, 3.05) is 0 Å². The van der Waals surface area contributed by atoms with Gasteiger partial charge in [-0.2, -0.15) is 0 Å². The van der Waals surface area contributed by atoms with Gasteiger partial charge in [0.25, 0.3) is 0 Å². The molecule has 2 aromatic carbocycles. The van der Waals surface area contributed by atoms with Crippen molar-refractivity contribution in [3.8, 4) is 0 Å². The second kappa shape index (κ2) is 5.69. The highest BCUT2D eigenvalue weighted by Gasteiger charge is 2.27. The first-order valence-corrected chi connectivity index (χ1v) is 6.17. The molecule has 0 aromatic heterocycles. The predicted octanol–water partition coefficient (Wildman–Crippen LogP) is 2.91. The van der Waals surface area contributed by atoms with Crippen molar-refractivity contribution in [2.24, 2.45) is 5.73 Å². The molecule has 2 aromatic rings. The Balaban J connectivity index is 2.45. The molecular weight excluding hydrogens is 246 g/mol. The molecule has 0 saturated carbocycles. The monoisotopic (exact) mass is 259 g/mol. The van der Waals surface area contributed by atoms with E-state index in [0.717, 1.165) is 11.1 Å². The summed E-state index contributed by atoms with van der Waals surface area (Å²) in [5.74, 6) is -0.721. The minimum atomic E-state index is -0.755. The molecule has 18 heavy (non-hydrogen) atoms. The Kier molecular flexibility index (Phi) is 4.00. The molecule has 2 N–H and O–H groups in total. The van der Waals surface area contributed by atoms with Crippen molar-refractivity contribution in [3.63, 3.8) is 0 Å². The van der Waals surface area contributed by atoms with Gasteiger partial charge in [-0.15, -0.1) is 11.6 Å². The van der Waals surface area contributed by atoms with Gasteiger partial charge in [-0.25, -0.2) is 0 Å². The summed E-state index contributed by atoms with van der Waals surface area (Å²) >= 11 is 6.18. The van der Waals surface area contributed by atoms with Crippen LogP contribution < -0.4 is 5.73 Å². The zero-order valence-electron chi connectivity index (χ0n) is 9.79. The molecule has 2 nitrogen and oxygen atoms in total. The summed E-state index contributed by atoms with van der Waals surface area (Å²) in [5, 5.41) is -0.755. The van der Waals surface area contributed by atoms with Gasteiger partial charge in [-0.1, -0.05) is 60.7 Å². The van der Waals surface area contributed by atoms with Gasteiger partial charge >= 0.3 is 0 Å². The van der Waals surface area contributed by atoms with Crippen LogP contribution in [0, 0.1) is 0 Å². The molecule has 2 rings (SSSR count). The summed E-state index contributed by atoms with van der Waals surface area (Å²) in [5.41, 5.74) is 7.32. The molecule has 0 aliphatic carbocycles. The SMILES string of the molecule is NC(=O)C(Cl)C(c1ccccc1)c1ccccc1. The van der Waals surface area contributed by atoms with Crippen molar-refractivity contribution >= 4 is 17.5 Å². The maximum absolute atomic E-state index is 11.4. The fourth-order valence-electron chi connectivity index (χ4n) is 2.02. The highest BCUT2D eigenvalue weighted by molar-refractivity contribution is 6.31. The summed E-state index contributed by atoms with van der Waals surface area (Å²) in [4.78, 5) is 11.4. The third kappa shape index (κ3) is 2.71. The Morgan fingerprint density at radius 1 is 0.889 bits per heavy atom. The van der Waals surface area contributed by atoms with Gasteiger partial charge in [-0.3, -0.25) is 4.79 Å². The molecule has 0 heterocycles. The molecule has 1 unspecified atom stereocenters. The predicted molar refractivity (Wildman–Crippen MR) is 73.6 cm³/mol. The van der Waals surface area contributed by atoms with Gasteiger partial charge in [0.05, 0.1) is 0 Å². The average Bonchev–Trinajstić information content (AvgIpc) is 2.41. The van der Waals surface area contributed by atoms with Crippen molar-refractivity contribution < 1.29 is 4.79 Å². The first-order chi connectivity index (χ1) is 8.70. The lowest BCUT2D eigenvalue weighted by Crippen LogP contribution is -2.30. The normalized spacial score (nSPS) is 12.3. The van der Waals surface area contributed by atoms with E-state index in [-0.39, 0.29) is 5.92 Å². The van der Waals surface area contributed by atoms with Crippen LogP contribution in [0.4, 0.5) is 0 Å². The number of benzene rings is 2. The third-order valence-corrected chi connectivity index (χ3v) is 3.35. The maximum atomic E-state index is 11.4. The fraction of sp³-hybridized carbons (Fsp3) is 0.133. The molecule has 0 bridgehead atoms. The van der Waals surface area contributed by atoms with E-state index in [0.29, 0.717) is 0 Å². The lowest BCUT2D eigenvalue weighted by molar-refractivity contribution is -0.117. The molecule has 1 atom stereocenters. The third-order valence-electron chi connectivity index (χ3n) is 2.88. The highest BCUT2D eigenvalue weighted by Crippen LogP contribution is 2.30. The van der Waals surface area contributed by atoms with Gasteiger partial charge in [-0.05, 0) is 11.1 Å². The Morgan fingerprint density at radius 2 is 1.28 bits per heavy atom. The van der Waals surface area contributed by atoms with Gasteiger partial charge in [0.1, 0.15) is 5.38 Å². The molecule has 0 aliphatic rings. The van der Waals surface area contributed by atoms with E-state index in [1.807, 2.05) is 60.7 Å². The Labute approximate surface area is 111 Å². The molecule has 0 saturated heterocycles. The van der Waals surface area contributed by atoms with Crippen molar-refractivity contribution in [1.29, 1.82) is 0 Å². The number of rotatable bonds is 4. The summed E-state index contributed by atoms with van der Waals surface area (Å²) in [7, 11) is 0. The van der Waals surface area contributed by atoms with E-state index in [2.05, 4.69) is 0 Å². The van der Waals surface area contributed by atoms with Crippen LogP contribution in [0.25, 0.3) is 0 Å². The van der Waals surface area contributed by atoms with Crippen molar-refractivity contribution in [2.45, 2.75) is 11.3 Å². The Hall–Kier alpha value is -1.80. The molecule has 0 aliphatic heterocycles. The van der Waals surface area contributed by atoms with Crippen molar-refractivity contribution in [1.82, 2.24) is 0 Å². The molecule has 0 radical (unpaired) electrons. The van der Waals surface area contributed by atoms with Crippen LogP contribution in [0.2, 0.25) is 0 Å². The second-order valence-corrected chi connectivity index (χ2v) is 4.57.